The average Bonchev–Trinajstić information content (AvgIpc) is 3.11. The largest absolute Gasteiger partial charge is 0.334 e. The Morgan fingerprint density at radius 3 is 2.90 bits per heavy atom. The number of rotatable bonds is 4. The van der Waals surface area contributed by atoms with Crippen molar-refractivity contribution in [1.82, 2.24) is 19.9 Å². The third-order valence-corrected chi connectivity index (χ3v) is 3.74. The molecule has 108 valence electrons. The van der Waals surface area contributed by atoms with Crippen LogP contribution in [0.5, 0.6) is 0 Å². The van der Waals surface area contributed by atoms with Gasteiger partial charge >= 0.3 is 5.69 Å². The minimum Gasteiger partial charge on any atom is -0.334 e. The van der Waals surface area contributed by atoms with E-state index in [1.807, 2.05) is 16.8 Å². The normalized spacial score (nSPS) is 11.0. The van der Waals surface area contributed by atoms with Crippen molar-refractivity contribution in [2.24, 2.45) is 0 Å². The first-order valence-corrected chi connectivity index (χ1v) is 7.04. The summed E-state index contributed by atoms with van der Waals surface area (Å²) in [5.74, 6) is 0.860. The number of aromatic nitrogens is 4. The fraction of sp³-hybridized carbons (Fsp3) is 0.250. The van der Waals surface area contributed by atoms with Crippen LogP contribution in [0.25, 0.3) is 11.5 Å². The fourth-order valence-corrected chi connectivity index (χ4v) is 2.69. The van der Waals surface area contributed by atoms with Gasteiger partial charge in [0, 0.05) is 5.38 Å². The molecule has 0 atom stereocenters. The molecule has 0 aromatic carbocycles. The summed E-state index contributed by atoms with van der Waals surface area (Å²) in [4.78, 5) is 14.8. The van der Waals surface area contributed by atoms with Crippen LogP contribution < -0.4 is 0 Å². The molecule has 8 nitrogen and oxygen atoms in total. The van der Waals surface area contributed by atoms with Crippen LogP contribution in [0.15, 0.2) is 21.3 Å². The van der Waals surface area contributed by atoms with E-state index in [9.17, 15) is 10.1 Å². The molecular formula is C12H11N5O3S. The van der Waals surface area contributed by atoms with Crippen LogP contribution in [0.4, 0.5) is 5.69 Å². The van der Waals surface area contributed by atoms with E-state index in [0.29, 0.717) is 23.1 Å². The van der Waals surface area contributed by atoms with Crippen LogP contribution in [-0.2, 0) is 6.54 Å². The van der Waals surface area contributed by atoms with Gasteiger partial charge in [0.15, 0.2) is 5.82 Å². The lowest BCUT2D eigenvalue weighted by Crippen LogP contribution is -2.05. The first-order chi connectivity index (χ1) is 10.1. The van der Waals surface area contributed by atoms with Crippen LogP contribution >= 0.6 is 11.3 Å². The van der Waals surface area contributed by atoms with Crippen LogP contribution in [0.2, 0.25) is 0 Å². The summed E-state index contributed by atoms with van der Waals surface area (Å²) in [5, 5.41) is 22.8. The number of aryl methyl sites for hydroxylation is 1. The van der Waals surface area contributed by atoms with E-state index in [0.717, 1.165) is 5.56 Å². The molecule has 0 N–H and O–H groups in total. The van der Waals surface area contributed by atoms with E-state index in [1.165, 1.54) is 16.0 Å². The summed E-state index contributed by atoms with van der Waals surface area (Å²) >= 11 is 1.54. The molecular weight excluding hydrogens is 294 g/mol. The molecule has 21 heavy (non-hydrogen) atoms. The molecule has 0 fully saturated rings. The van der Waals surface area contributed by atoms with Crippen molar-refractivity contribution in [2.75, 3.05) is 0 Å². The van der Waals surface area contributed by atoms with Crippen LogP contribution in [-0.4, -0.2) is 24.8 Å². The second-order valence-corrected chi connectivity index (χ2v) is 5.24. The zero-order chi connectivity index (χ0) is 15.0. The van der Waals surface area contributed by atoms with E-state index < -0.39 is 4.92 Å². The van der Waals surface area contributed by atoms with Gasteiger partial charge in [-0.15, -0.1) is 0 Å². The van der Waals surface area contributed by atoms with Gasteiger partial charge in [0.2, 0.25) is 0 Å². The topological polar surface area (TPSA) is 99.9 Å². The molecule has 0 saturated carbocycles. The highest BCUT2D eigenvalue weighted by molar-refractivity contribution is 7.08. The van der Waals surface area contributed by atoms with Crippen molar-refractivity contribution < 1.29 is 9.45 Å². The Hall–Kier alpha value is -2.55. The molecule has 3 rings (SSSR count). The first-order valence-electron chi connectivity index (χ1n) is 6.10. The number of hydrogen-bond acceptors (Lipinski definition) is 7. The van der Waals surface area contributed by atoms with Gasteiger partial charge < -0.3 is 4.52 Å². The summed E-state index contributed by atoms with van der Waals surface area (Å²) in [6.07, 6.45) is 0. The zero-order valence-corrected chi connectivity index (χ0v) is 12.1. The molecule has 9 heteroatoms. The number of hydrogen-bond donors (Lipinski definition) is 0. The molecule has 0 aliphatic rings. The van der Waals surface area contributed by atoms with E-state index in [1.54, 1.807) is 13.8 Å². The van der Waals surface area contributed by atoms with Gasteiger partial charge in [0.05, 0.1) is 10.5 Å². The Morgan fingerprint density at radius 2 is 2.29 bits per heavy atom. The van der Waals surface area contributed by atoms with Crippen molar-refractivity contribution in [1.29, 1.82) is 0 Å². The zero-order valence-electron chi connectivity index (χ0n) is 11.3. The standard InChI is InChI=1S/C12H11N5O3S/c1-7-11(17(18)19)8(2)16(14-7)5-10-13-12(20-15-10)9-3-4-21-6-9/h3-4,6H,5H2,1-2H3. The van der Waals surface area contributed by atoms with E-state index in [-0.39, 0.29) is 12.2 Å². The summed E-state index contributed by atoms with van der Waals surface area (Å²) in [5.41, 5.74) is 1.73. The van der Waals surface area contributed by atoms with Gasteiger partial charge in [-0.1, -0.05) is 5.16 Å². The van der Waals surface area contributed by atoms with Gasteiger partial charge in [-0.2, -0.15) is 21.4 Å². The summed E-state index contributed by atoms with van der Waals surface area (Å²) in [6.45, 7) is 3.49. The Bertz CT molecular complexity index is 790. The van der Waals surface area contributed by atoms with Gasteiger partial charge in [0.1, 0.15) is 17.9 Å². The van der Waals surface area contributed by atoms with Crippen LogP contribution in [0.1, 0.15) is 17.2 Å². The number of thiophene rings is 1. The highest BCUT2D eigenvalue weighted by Gasteiger charge is 2.22. The maximum Gasteiger partial charge on any atom is 0.312 e. The van der Waals surface area contributed by atoms with Gasteiger partial charge in [0.25, 0.3) is 5.89 Å². The van der Waals surface area contributed by atoms with Gasteiger partial charge in [-0.3, -0.25) is 14.8 Å². The predicted molar refractivity (Wildman–Crippen MR) is 75.1 cm³/mol. The Balaban J connectivity index is 1.88. The number of nitrogens with zero attached hydrogens (tertiary/aromatic N) is 5. The van der Waals surface area contributed by atoms with E-state index in [4.69, 9.17) is 4.52 Å². The Morgan fingerprint density at radius 1 is 1.48 bits per heavy atom. The molecule has 0 radical (unpaired) electrons. The summed E-state index contributed by atoms with van der Waals surface area (Å²) in [6, 6.07) is 1.89. The Labute approximate surface area is 123 Å². The molecule has 0 saturated heterocycles. The minimum atomic E-state index is -0.429. The smallest absolute Gasteiger partial charge is 0.312 e. The van der Waals surface area contributed by atoms with Crippen LogP contribution in [0, 0.1) is 24.0 Å². The van der Waals surface area contributed by atoms with Gasteiger partial charge in [-0.05, 0) is 25.3 Å². The molecule has 0 aliphatic heterocycles. The first kappa shape index (κ1) is 13.4. The molecule has 0 unspecified atom stereocenters. The highest BCUT2D eigenvalue weighted by Crippen LogP contribution is 2.23. The van der Waals surface area contributed by atoms with Crippen LogP contribution in [0.3, 0.4) is 0 Å². The maximum atomic E-state index is 11.0. The molecule has 0 aliphatic carbocycles. The molecule has 3 heterocycles. The predicted octanol–water partition coefficient (Wildman–Crippen LogP) is 2.57. The maximum absolute atomic E-state index is 11.0. The molecule has 0 amide bonds. The monoisotopic (exact) mass is 305 g/mol. The lowest BCUT2D eigenvalue weighted by atomic mass is 10.3. The lowest BCUT2D eigenvalue weighted by Gasteiger charge is -1.98. The van der Waals surface area contributed by atoms with Gasteiger partial charge in [-0.25, -0.2) is 0 Å². The Kier molecular flexibility index (Phi) is 3.26. The highest BCUT2D eigenvalue weighted by atomic mass is 32.1. The summed E-state index contributed by atoms with van der Waals surface area (Å²) < 4.78 is 6.69. The third-order valence-electron chi connectivity index (χ3n) is 3.05. The van der Waals surface area contributed by atoms with E-state index >= 15 is 0 Å². The van der Waals surface area contributed by atoms with Crippen molar-refractivity contribution >= 4 is 17.0 Å². The lowest BCUT2D eigenvalue weighted by molar-refractivity contribution is -0.386. The minimum absolute atomic E-state index is 0.0246. The fourth-order valence-electron chi connectivity index (χ4n) is 2.06. The van der Waals surface area contributed by atoms with Crippen molar-refractivity contribution in [2.45, 2.75) is 20.4 Å². The van der Waals surface area contributed by atoms with Crippen molar-refractivity contribution in [3.8, 4) is 11.5 Å². The average molecular weight is 305 g/mol. The second-order valence-electron chi connectivity index (χ2n) is 4.46. The SMILES string of the molecule is Cc1nn(Cc2noc(-c3ccsc3)n2)c(C)c1[N+](=O)[O-]. The molecule has 3 aromatic rings. The van der Waals surface area contributed by atoms with Crippen molar-refractivity contribution in [3.05, 3.63) is 44.2 Å². The van der Waals surface area contributed by atoms with E-state index in [2.05, 4.69) is 15.2 Å². The molecule has 0 bridgehead atoms. The second kappa shape index (κ2) is 5.09. The van der Waals surface area contributed by atoms with Crippen molar-refractivity contribution in [3.63, 3.8) is 0 Å². The molecule has 0 spiro atoms. The summed E-state index contributed by atoms with van der Waals surface area (Å²) in [7, 11) is 0. The third kappa shape index (κ3) is 2.42. The number of nitro groups is 1. The quantitative estimate of drug-likeness (QED) is 0.542. The molecule has 3 aromatic heterocycles.